The molecule has 2 fully saturated rings. The van der Waals surface area contributed by atoms with Crippen molar-refractivity contribution in [1.82, 2.24) is 25.1 Å². The predicted octanol–water partition coefficient (Wildman–Crippen LogP) is 1.69. The molecule has 2 N–H and O–H groups in total. The number of piperidine rings is 1. The Morgan fingerprint density at radius 1 is 1.09 bits per heavy atom. The van der Waals surface area contributed by atoms with E-state index in [0.29, 0.717) is 19.1 Å². The van der Waals surface area contributed by atoms with E-state index in [1.54, 1.807) is 6.33 Å². The van der Waals surface area contributed by atoms with Gasteiger partial charge in [-0.25, -0.2) is 9.97 Å². The first-order chi connectivity index (χ1) is 15.7. The third-order valence-corrected chi connectivity index (χ3v) is 6.96. The molecule has 1 aromatic heterocycles. The lowest BCUT2D eigenvalue weighted by molar-refractivity contribution is -0.132. The molecular formula is C24H33N7O. The van der Waals surface area contributed by atoms with Crippen molar-refractivity contribution in [3.05, 3.63) is 47.8 Å². The van der Waals surface area contributed by atoms with Crippen LogP contribution < -0.4 is 15.5 Å². The van der Waals surface area contributed by atoms with Gasteiger partial charge in [-0.15, -0.1) is 0 Å². The van der Waals surface area contributed by atoms with Crippen molar-refractivity contribution in [2.24, 2.45) is 0 Å². The highest BCUT2D eigenvalue weighted by atomic mass is 16.2. The molecule has 8 nitrogen and oxygen atoms in total. The van der Waals surface area contributed by atoms with Gasteiger partial charge in [0.05, 0.1) is 18.7 Å². The van der Waals surface area contributed by atoms with Crippen LogP contribution in [0.15, 0.2) is 36.7 Å². The van der Waals surface area contributed by atoms with Gasteiger partial charge in [-0.3, -0.25) is 9.69 Å². The summed E-state index contributed by atoms with van der Waals surface area (Å²) in [5.41, 5.74) is 2.41. The van der Waals surface area contributed by atoms with E-state index in [0.717, 1.165) is 69.2 Å². The summed E-state index contributed by atoms with van der Waals surface area (Å²) in [6, 6.07) is 11.3. The summed E-state index contributed by atoms with van der Waals surface area (Å²) in [6.07, 6.45) is 4.79. The molecule has 1 amide bonds. The fourth-order valence-corrected chi connectivity index (χ4v) is 5.14. The zero-order valence-corrected chi connectivity index (χ0v) is 18.8. The summed E-state index contributed by atoms with van der Waals surface area (Å²) < 4.78 is 0. The number of hydrogen-bond acceptors (Lipinski definition) is 7. The van der Waals surface area contributed by atoms with E-state index in [1.807, 2.05) is 16.8 Å². The predicted molar refractivity (Wildman–Crippen MR) is 125 cm³/mol. The van der Waals surface area contributed by atoms with Crippen molar-refractivity contribution in [2.45, 2.75) is 44.4 Å². The summed E-state index contributed by atoms with van der Waals surface area (Å²) in [5.74, 6) is 1.92. The van der Waals surface area contributed by atoms with Crippen molar-refractivity contribution in [2.75, 3.05) is 50.0 Å². The maximum atomic E-state index is 13.0. The molecule has 2 saturated heterocycles. The third-order valence-electron chi connectivity index (χ3n) is 6.96. The molecule has 0 aliphatic carbocycles. The maximum Gasteiger partial charge on any atom is 0.242 e. The molecule has 0 spiro atoms. The third kappa shape index (κ3) is 4.56. The smallest absolute Gasteiger partial charge is 0.242 e. The Morgan fingerprint density at radius 2 is 1.91 bits per heavy atom. The van der Waals surface area contributed by atoms with Gasteiger partial charge in [0.15, 0.2) is 0 Å². The minimum absolute atomic E-state index is 0.166. The van der Waals surface area contributed by atoms with Crippen LogP contribution in [0.2, 0.25) is 0 Å². The van der Waals surface area contributed by atoms with E-state index in [1.165, 1.54) is 5.56 Å². The first-order valence-corrected chi connectivity index (χ1v) is 11.8. The van der Waals surface area contributed by atoms with Crippen LogP contribution in [0.3, 0.4) is 0 Å². The Kier molecular flexibility index (Phi) is 6.23. The zero-order chi connectivity index (χ0) is 21.9. The standard InChI is InChI=1S/C24H33N7O/c1-29-16-22(32)31(20-7-10-25-13-20)15-21-23(26-17-27-24(21)29)28-19-8-11-30(12-9-19)14-18-5-3-2-4-6-18/h2-6,17,19-20,25H,7-16H2,1H3,(H,26,27,28). The van der Waals surface area contributed by atoms with Gasteiger partial charge in [-0.05, 0) is 31.4 Å². The summed E-state index contributed by atoms with van der Waals surface area (Å²) in [4.78, 5) is 28.6. The van der Waals surface area contributed by atoms with Gasteiger partial charge in [0.1, 0.15) is 18.0 Å². The first kappa shape index (κ1) is 21.2. The van der Waals surface area contributed by atoms with E-state index in [-0.39, 0.29) is 11.9 Å². The number of carbonyl (C=O) groups excluding carboxylic acids is 1. The van der Waals surface area contributed by atoms with E-state index < -0.39 is 0 Å². The number of nitrogens with zero attached hydrogens (tertiary/aromatic N) is 5. The molecule has 3 aliphatic heterocycles. The van der Waals surface area contributed by atoms with Crippen molar-refractivity contribution >= 4 is 17.5 Å². The number of likely N-dealkylation sites (N-methyl/N-ethyl adjacent to an activating group) is 1. The minimum atomic E-state index is 0.166. The Labute approximate surface area is 190 Å². The number of carbonyl (C=O) groups is 1. The molecule has 4 heterocycles. The van der Waals surface area contributed by atoms with Crippen LogP contribution >= 0.6 is 0 Å². The average Bonchev–Trinajstić information content (AvgIpc) is 3.30. The lowest BCUT2D eigenvalue weighted by Gasteiger charge is -2.33. The van der Waals surface area contributed by atoms with Crippen molar-refractivity contribution in [3.8, 4) is 0 Å². The second-order valence-corrected chi connectivity index (χ2v) is 9.23. The number of rotatable bonds is 5. The van der Waals surface area contributed by atoms with Gasteiger partial charge >= 0.3 is 0 Å². The summed E-state index contributed by atoms with van der Waals surface area (Å²) >= 11 is 0. The molecule has 32 heavy (non-hydrogen) atoms. The molecule has 1 unspecified atom stereocenters. The highest BCUT2D eigenvalue weighted by Gasteiger charge is 2.33. The molecule has 3 aliphatic rings. The van der Waals surface area contributed by atoms with Gasteiger partial charge in [0.2, 0.25) is 5.91 Å². The van der Waals surface area contributed by atoms with Crippen LogP contribution in [0.1, 0.15) is 30.4 Å². The molecule has 8 heteroatoms. The lowest BCUT2D eigenvalue weighted by Crippen LogP contribution is -2.43. The largest absolute Gasteiger partial charge is 0.367 e. The Bertz CT molecular complexity index is 923. The van der Waals surface area contributed by atoms with Gasteiger partial charge < -0.3 is 20.4 Å². The van der Waals surface area contributed by atoms with Crippen LogP contribution in [0.5, 0.6) is 0 Å². The Morgan fingerprint density at radius 3 is 2.66 bits per heavy atom. The molecule has 0 radical (unpaired) electrons. The van der Waals surface area contributed by atoms with Crippen molar-refractivity contribution in [3.63, 3.8) is 0 Å². The number of anilines is 2. The number of nitrogens with one attached hydrogen (secondary N) is 2. The van der Waals surface area contributed by atoms with Gasteiger partial charge in [0.25, 0.3) is 0 Å². The number of amides is 1. The monoisotopic (exact) mass is 435 g/mol. The molecule has 1 aromatic carbocycles. The number of benzene rings is 1. The minimum Gasteiger partial charge on any atom is -0.367 e. The molecule has 0 bridgehead atoms. The van der Waals surface area contributed by atoms with E-state index in [4.69, 9.17) is 0 Å². The van der Waals surface area contributed by atoms with E-state index >= 15 is 0 Å². The zero-order valence-electron chi connectivity index (χ0n) is 18.8. The Balaban J connectivity index is 1.27. The Hall–Kier alpha value is -2.71. The van der Waals surface area contributed by atoms with Crippen molar-refractivity contribution in [1.29, 1.82) is 0 Å². The van der Waals surface area contributed by atoms with E-state index in [2.05, 4.69) is 55.8 Å². The second kappa shape index (κ2) is 9.42. The lowest BCUT2D eigenvalue weighted by atomic mass is 10.0. The quantitative estimate of drug-likeness (QED) is 0.740. The summed E-state index contributed by atoms with van der Waals surface area (Å²) in [7, 11) is 1.95. The topological polar surface area (TPSA) is 76.6 Å². The first-order valence-electron chi connectivity index (χ1n) is 11.8. The molecule has 0 saturated carbocycles. The average molecular weight is 436 g/mol. The van der Waals surface area contributed by atoms with Crippen LogP contribution in [0, 0.1) is 0 Å². The number of fused-ring (bicyclic) bond motifs is 1. The molecule has 2 aromatic rings. The molecular weight excluding hydrogens is 402 g/mol. The van der Waals surface area contributed by atoms with Crippen LogP contribution in [-0.2, 0) is 17.9 Å². The van der Waals surface area contributed by atoms with Gasteiger partial charge in [-0.2, -0.15) is 0 Å². The normalized spacial score (nSPS) is 22.7. The highest BCUT2D eigenvalue weighted by Crippen LogP contribution is 2.30. The number of likely N-dealkylation sites (tertiary alicyclic amines) is 1. The molecule has 1 atom stereocenters. The van der Waals surface area contributed by atoms with Crippen LogP contribution in [0.4, 0.5) is 11.6 Å². The van der Waals surface area contributed by atoms with Gasteiger partial charge in [0, 0.05) is 45.3 Å². The summed E-state index contributed by atoms with van der Waals surface area (Å²) in [5, 5.41) is 7.10. The molecule has 5 rings (SSSR count). The van der Waals surface area contributed by atoms with Gasteiger partial charge in [-0.1, -0.05) is 30.3 Å². The SMILES string of the molecule is CN1CC(=O)N(C2CCNC2)Cc2c(NC3CCN(Cc4ccccc4)CC3)ncnc21. The van der Waals surface area contributed by atoms with E-state index in [9.17, 15) is 4.79 Å². The fraction of sp³-hybridized carbons (Fsp3) is 0.542. The molecule has 170 valence electrons. The van der Waals surface area contributed by atoms with Crippen LogP contribution in [0.25, 0.3) is 0 Å². The number of aromatic nitrogens is 2. The van der Waals surface area contributed by atoms with Crippen LogP contribution in [-0.4, -0.2) is 77.5 Å². The van der Waals surface area contributed by atoms with Crippen molar-refractivity contribution < 1.29 is 4.79 Å². The fourth-order valence-electron chi connectivity index (χ4n) is 5.14. The summed E-state index contributed by atoms with van der Waals surface area (Å²) in [6.45, 7) is 5.90. The number of hydrogen-bond donors (Lipinski definition) is 2. The second-order valence-electron chi connectivity index (χ2n) is 9.23. The highest BCUT2D eigenvalue weighted by molar-refractivity contribution is 5.84. The maximum absolute atomic E-state index is 13.0.